The van der Waals surface area contributed by atoms with Gasteiger partial charge in [-0.05, 0) is 50.2 Å². The smallest absolute Gasteiger partial charge is 0.289 e. The van der Waals surface area contributed by atoms with E-state index in [-0.39, 0.29) is 62.2 Å². The van der Waals surface area contributed by atoms with Gasteiger partial charge in [-0.1, -0.05) is 0 Å². The number of hydrogen-bond acceptors (Lipinski definition) is 6. The van der Waals surface area contributed by atoms with Crippen molar-refractivity contribution in [1.29, 1.82) is 0 Å². The summed E-state index contributed by atoms with van der Waals surface area (Å²) in [4.78, 5) is 26.1. The highest BCUT2D eigenvalue weighted by molar-refractivity contribution is 7.89. The molecule has 1 fully saturated rings. The highest BCUT2D eigenvalue weighted by Gasteiger charge is 2.29. The van der Waals surface area contributed by atoms with Crippen LogP contribution in [0.15, 0.2) is 47.1 Å². The van der Waals surface area contributed by atoms with Gasteiger partial charge in [-0.15, -0.1) is 0 Å². The zero-order chi connectivity index (χ0) is 22.4. The molecule has 2 heterocycles. The van der Waals surface area contributed by atoms with Crippen LogP contribution in [0, 0.1) is 0 Å². The summed E-state index contributed by atoms with van der Waals surface area (Å²) in [5.41, 5.74) is 0.429. The van der Waals surface area contributed by atoms with E-state index < -0.39 is 10.0 Å². The number of sulfonamides is 1. The zero-order valence-corrected chi connectivity index (χ0v) is 18.4. The van der Waals surface area contributed by atoms with Gasteiger partial charge in [-0.25, -0.2) is 8.42 Å². The van der Waals surface area contributed by atoms with Gasteiger partial charge in [0.1, 0.15) is 5.75 Å². The molecule has 0 unspecified atom stereocenters. The summed E-state index contributed by atoms with van der Waals surface area (Å²) in [5, 5.41) is 2.64. The molecular formula is C21H27N3O6S. The topological polar surface area (TPSA) is 109 Å². The largest absolute Gasteiger partial charge is 0.491 e. The Morgan fingerprint density at radius 1 is 1.10 bits per heavy atom. The molecule has 0 bridgehead atoms. The number of piperazine rings is 1. The standard InChI is InChI=1S/C21H27N3O6S/c1-16(2)30-18-7-5-17(6-8-18)20(25)22-9-15-31(27,28)24-12-10-23(11-13-24)21(26)19-4-3-14-29-19/h3-8,14,16H,9-13,15H2,1-2H3,(H,22,25). The number of amides is 2. The van der Waals surface area contributed by atoms with Crippen molar-refractivity contribution in [3.63, 3.8) is 0 Å². The maximum absolute atomic E-state index is 12.6. The van der Waals surface area contributed by atoms with Crippen molar-refractivity contribution in [3.8, 4) is 5.75 Å². The second kappa shape index (κ2) is 9.97. The van der Waals surface area contributed by atoms with Crippen molar-refractivity contribution in [2.75, 3.05) is 38.5 Å². The summed E-state index contributed by atoms with van der Waals surface area (Å²) in [6, 6.07) is 9.90. The Kier molecular flexibility index (Phi) is 7.34. The van der Waals surface area contributed by atoms with Gasteiger partial charge in [-0.2, -0.15) is 4.31 Å². The van der Waals surface area contributed by atoms with Crippen LogP contribution in [0.2, 0.25) is 0 Å². The molecule has 0 saturated carbocycles. The van der Waals surface area contributed by atoms with Crippen LogP contribution in [0.25, 0.3) is 0 Å². The average molecular weight is 450 g/mol. The number of rotatable bonds is 8. The fourth-order valence-electron chi connectivity index (χ4n) is 3.21. The summed E-state index contributed by atoms with van der Waals surface area (Å²) in [6.45, 7) is 4.82. The van der Waals surface area contributed by atoms with E-state index in [1.165, 1.54) is 10.6 Å². The lowest BCUT2D eigenvalue weighted by Gasteiger charge is -2.33. The Bertz CT molecular complexity index is 979. The molecule has 10 heteroatoms. The Hall–Kier alpha value is -2.85. The lowest BCUT2D eigenvalue weighted by Crippen LogP contribution is -2.51. The van der Waals surface area contributed by atoms with Crippen molar-refractivity contribution in [2.24, 2.45) is 0 Å². The van der Waals surface area contributed by atoms with Crippen molar-refractivity contribution in [1.82, 2.24) is 14.5 Å². The number of carbonyl (C=O) groups excluding carboxylic acids is 2. The van der Waals surface area contributed by atoms with Crippen LogP contribution < -0.4 is 10.1 Å². The molecule has 1 aliphatic heterocycles. The molecule has 31 heavy (non-hydrogen) atoms. The van der Waals surface area contributed by atoms with E-state index >= 15 is 0 Å². The number of benzene rings is 1. The lowest BCUT2D eigenvalue weighted by atomic mass is 10.2. The minimum atomic E-state index is -3.55. The zero-order valence-electron chi connectivity index (χ0n) is 17.6. The Morgan fingerprint density at radius 2 is 1.77 bits per heavy atom. The third kappa shape index (κ3) is 6.08. The normalized spacial score (nSPS) is 15.1. The van der Waals surface area contributed by atoms with Crippen molar-refractivity contribution >= 4 is 21.8 Å². The molecule has 0 atom stereocenters. The van der Waals surface area contributed by atoms with E-state index in [0.717, 1.165) is 0 Å². The maximum Gasteiger partial charge on any atom is 0.289 e. The summed E-state index contributed by atoms with van der Waals surface area (Å²) in [5.74, 6) is 0.0975. The molecule has 9 nitrogen and oxygen atoms in total. The van der Waals surface area contributed by atoms with Crippen LogP contribution in [-0.4, -0.2) is 74.0 Å². The summed E-state index contributed by atoms with van der Waals surface area (Å²) in [7, 11) is -3.55. The highest BCUT2D eigenvalue weighted by atomic mass is 32.2. The first-order chi connectivity index (χ1) is 14.8. The number of ether oxygens (including phenoxy) is 1. The van der Waals surface area contributed by atoms with Crippen LogP contribution in [-0.2, 0) is 10.0 Å². The van der Waals surface area contributed by atoms with Gasteiger partial charge in [0.15, 0.2) is 5.76 Å². The van der Waals surface area contributed by atoms with Crippen molar-refractivity contribution in [2.45, 2.75) is 20.0 Å². The molecule has 0 radical (unpaired) electrons. The molecule has 2 amide bonds. The molecular weight excluding hydrogens is 422 g/mol. The lowest BCUT2D eigenvalue weighted by molar-refractivity contribution is 0.0665. The van der Waals surface area contributed by atoms with Gasteiger partial charge >= 0.3 is 0 Å². The molecule has 2 aromatic rings. The molecule has 1 N–H and O–H groups in total. The highest BCUT2D eigenvalue weighted by Crippen LogP contribution is 2.14. The first-order valence-corrected chi connectivity index (χ1v) is 11.7. The van der Waals surface area contributed by atoms with Gasteiger partial charge < -0.3 is 19.4 Å². The average Bonchev–Trinajstić information content (AvgIpc) is 3.28. The molecule has 1 aromatic heterocycles. The number of hydrogen-bond donors (Lipinski definition) is 1. The molecule has 1 aliphatic rings. The number of carbonyl (C=O) groups is 2. The molecule has 1 saturated heterocycles. The fraction of sp³-hybridized carbons (Fsp3) is 0.429. The van der Waals surface area contributed by atoms with Crippen molar-refractivity contribution < 1.29 is 27.2 Å². The Balaban J connectivity index is 1.45. The van der Waals surface area contributed by atoms with Gasteiger partial charge in [0, 0.05) is 38.3 Å². The van der Waals surface area contributed by atoms with Crippen LogP contribution >= 0.6 is 0 Å². The van der Waals surface area contributed by atoms with E-state index in [1.807, 2.05) is 13.8 Å². The maximum atomic E-state index is 12.6. The van der Waals surface area contributed by atoms with E-state index in [1.54, 1.807) is 41.3 Å². The number of nitrogens with zero attached hydrogens (tertiary/aromatic N) is 2. The second-order valence-electron chi connectivity index (χ2n) is 7.43. The van der Waals surface area contributed by atoms with E-state index in [2.05, 4.69) is 5.32 Å². The van der Waals surface area contributed by atoms with Gasteiger partial charge in [0.25, 0.3) is 11.8 Å². The third-order valence-corrected chi connectivity index (χ3v) is 6.66. The predicted molar refractivity (Wildman–Crippen MR) is 115 cm³/mol. The third-order valence-electron chi connectivity index (χ3n) is 4.79. The van der Waals surface area contributed by atoms with Crippen LogP contribution in [0.4, 0.5) is 0 Å². The minimum absolute atomic E-state index is 0.00302. The Morgan fingerprint density at radius 3 is 2.35 bits per heavy atom. The summed E-state index contributed by atoms with van der Waals surface area (Å²) >= 11 is 0. The minimum Gasteiger partial charge on any atom is -0.491 e. The molecule has 1 aromatic carbocycles. The second-order valence-corrected chi connectivity index (χ2v) is 9.52. The number of nitrogens with one attached hydrogen (secondary N) is 1. The SMILES string of the molecule is CC(C)Oc1ccc(C(=O)NCCS(=O)(=O)N2CCN(C(=O)c3ccco3)CC2)cc1. The Labute approximate surface area is 182 Å². The molecule has 168 valence electrons. The van der Waals surface area contributed by atoms with E-state index in [4.69, 9.17) is 9.15 Å². The van der Waals surface area contributed by atoms with Crippen LogP contribution in [0.3, 0.4) is 0 Å². The van der Waals surface area contributed by atoms with Crippen molar-refractivity contribution in [3.05, 3.63) is 54.0 Å². The molecule has 0 aliphatic carbocycles. The van der Waals surface area contributed by atoms with E-state index in [9.17, 15) is 18.0 Å². The van der Waals surface area contributed by atoms with Gasteiger partial charge in [0.05, 0.1) is 18.1 Å². The van der Waals surface area contributed by atoms with Crippen LogP contribution in [0.1, 0.15) is 34.8 Å². The molecule has 0 spiro atoms. The van der Waals surface area contributed by atoms with Gasteiger partial charge in [-0.3, -0.25) is 9.59 Å². The quantitative estimate of drug-likeness (QED) is 0.655. The van der Waals surface area contributed by atoms with E-state index in [0.29, 0.717) is 11.3 Å². The number of furan rings is 1. The summed E-state index contributed by atoms with van der Waals surface area (Å²) in [6.07, 6.45) is 1.46. The molecule has 3 rings (SSSR count). The van der Waals surface area contributed by atoms with Gasteiger partial charge in [0.2, 0.25) is 10.0 Å². The predicted octanol–water partition coefficient (Wildman–Crippen LogP) is 1.58. The summed E-state index contributed by atoms with van der Waals surface area (Å²) < 4.78 is 37.2. The first-order valence-electron chi connectivity index (χ1n) is 10.1. The first kappa shape index (κ1) is 22.8. The fourth-order valence-corrected chi connectivity index (χ4v) is 4.55. The monoisotopic (exact) mass is 449 g/mol. The van der Waals surface area contributed by atoms with Crippen LogP contribution in [0.5, 0.6) is 5.75 Å².